The van der Waals surface area contributed by atoms with Crippen LogP contribution in [0.2, 0.25) is 0 Å². The van der Waals surface area contributed by atoms with Gasteiger partial charge in [-0.05, 0) is 47.6 Å². The van der Waals surface area contributed by atoms with E-state index in [1.807, 2.05) is 0 Å². The van der Waals surface area contributed by atoms with Crippen LogP contribution in [0.3, 0.4) is 0 Å². The number of hydrogen-bond donors (Lipinski definition) is 4. The normalized spacial score (nSPS) is 12.8. The summed E-state index contributed by atoms with van der Waals surface area (Å²) in [7, 11) is 0. The highest BCUT2D eigenvalue weighted by molar-refractivity contribution is 5.82. The molecule has 2 aromatic heterocycles. The molecule has 0 atom stereocenters. The lowest BCUT2D eigenvalue weighted by Gasteiger charge is -2.20. The molecule has 2 rings (SSSR count). The molecule has 8 heteroatoms. The predicted molar refractivity (Wildman–Crippen MR) is 96.9 cm³/mol. The van der Waals surface area contributed by atoms with Crippen LogP contribution in [-0.2, 0) is 6.54 Å². The summed E-state index contributed by atoms with van der Waals surface area (Å²) in [6.45, 7) is 11.9. The number of rotatable bonds is 7. The fraction of sp³-hybridized carbons (Fsp3) is 0.688. The molecule has 0 saturated heterocycles. The van der Waals surface area contributed by atoms with Gasteiger partial charge in [0, 0.05) is 12.1 Å². The molecule has 0 spiro atoms. The second-order valence-corrected chi connectivity index (χ2v) is 7.75. The first-order valence-corrected chi connectivity index (χ1v) is 8.25. The number of nitrogen functional groups attached to an aromatic ring is 1. The Kier molecular flexibility index (Phi) is 5.29. The lowest BCUT2D eigenvalue weighted by atomic mass is 10.1. The first-order chi connectivity index (χ1) is 11.1. The largest absolute Gasteiger partial charge is 0.389 e. The third-order valence-electron chi connectivity index (χ3n) is 3.34. The topological polar surface area (TPSA) is 114 Å². The Bertz CT molecular complexity index is 682. The monoisotopic (exact) mass is 335 g/mol. The quantitative estimate of drug-likeness (QED) is 0.565. The maximum atomic E-state index is 10.0. The molecular formula is C16H29N7O. The van der Waals surface area contributed by atoms with Gasteiger partial charge in [0.1, 0.15) is 5.52 Å². The van der Waals surface area contributed by atoms with E-state index in [4.69, 9.17) is 5.73 Å². The number of nitrogens with zero attached hydrogens (tertiary/aromatic N) is 4. The van der Waals surface area contributed by atoms with Crippen molar-refractivity contribution in [3.63, 3.8) is 0 Å². The summed E-state index contributed by atoms with van der Waals surface area (Å²) in [5.41, 5.74) is 6.41. The number of imidazole rings is 1. The van der Waals surface area contributed by atoms with Crippen LogP contribution in [0, 0.1) is 0 Å². The molecule has 0 aromatic carbocycles. The van der Waals surface area contributed by atoms with E-state index in [1.165, 1.54) is 0 Å². The predicted octanol–water partition coefficient (Wildman–Crippen LogP) is 1.37. The molecule has 2 heterocycles. The highest BCUT2D eigenvalue weighted by Gasteiger charge is 2.18. The van der Waals surface area contributed by atoms with E-state index >= 15 is 0 Å². The average molecular weight is 335 g/mol. The molecule has 0 radical (unpaired) electrons. The maximum Gasteiger partial charge on any atom is 0.226 e. The van der Waals surface area contributed by atoms with E-state index in [0.29, 0.717) is 29.5 Å². The lowest BCUT2D eigenvalue weighted by Crippen LogP contribution is -2.36. The molecule has 0 amide bonds. The molecule has 0 bridgehead atoms. The smallest absolute Gasteiger partial charge is 0.226 e. The van der Waals surface area contributed by atoms with Gasteiger partial charge >= 0.3 is 0 Å². The van der Waals surface area contributed by atoms with Gasteiger partial charge in [-0.2, -0.15) is 9.97 Å². The number of hydrogen-bond acceptors (Lipinski definition) is 7. The van der Waals surface area contributed by atoms with Gasteiger partial charge in [0.25, 0.3) is 0 Å². The van der Waals surface area contributed by atoms with Crippen molar-refractivity contribution < 1.29 is 5.11 Å². The van der Waals surface area contributed by atoms with E-state index < -0.39 is 5.60 Å². The maximum absolute atomic E-state index is 10.0. The SMILES string of the molecule is CC(C)(O)Cn1cnc2c(N)nc(NCCCNC(C)(C)C)nc21. The van der Waals surface area contributed by atoms with Crippen LogP contribution in [-0.4, -0.2) is 48.9 Å². The lowest BCUT2D eigenvalue weighted by molar-refractivity contribution is 0.0625. The molecule has 0 saturated carbocycles. The zero-order chi connectivity index (χ0) is 18.0. The summed E-state index contributed by atoms with van der Waals surface area (Å²) in [5.74, 6) is 0.818. The average Bonchev–Trinajstić information content (AvgIpc) is 2.79. The van der Waals surface area contributed by atoms with Crippen molar-refractivity contribution in [1.29, 1.82) is 0 Å². The third kappa shape index (κ3) is 5.31. The Morgan fingerprint density at radius 2 is 1.88 bits per heavy atom. The Labute approximate surface area is 142 Å². The van der Waals surface area contributed by atoms with Crippen molar-refractivity contribution in [2.75, 3.05) is 24.1 Å². The summed E-state index contributed by atoms with van der Waals surface area (Å²) in [6, 6.07) is 0. The zero-order valence-electron chi connectivity index (χ0n) is 15.2. The van der Waals surface area contributed by atoms with Gasteiger partial charge in [-0.25, -0.2) is 4.98 Å². The molecule has 0 unspecified atom stereocenters. The number of fused-ring (bicyclic) bond motifs is 1. The summed E-state index contributed by atoms with van der Waals surface area (Å²) in [5, 5.41) is 16.6. The van der Waals surface area contributed by atoms with Gasteiger partial charge in [0.15, 0.2) is 11.5 Å². The number of aromatic nitrogens is 4. The minimum absolute atomic E-state index is 0.115. The minimum atomic E-state index is -0.862. The summed E-state index contributed by atoms with van der Waals surface area (Å²) in [4.78, 5) is 13.0. The molecule has 0 aliphatic heterocycles. The van der Waals surface area contributed by atoms with Crippen molar-refractivity contribution >= 4 is 22.9 Å². The molecule has 134 valence electrons. The number of nitrogens with one attached hydrogen (secondary N) is 2. The Hall–Kier alpha value is -1.93. The van der Waals surface area contributed by atoms with E-state index in [2.05, 4.69) is 46.4 Å². The van der Waals surface area contributed by atoms with Gasteiger partial charge < -0.3 is 26.0 Å². The number of aliphatic hydroxyl groups is 1. The van der Waals surface area contributed by atoms with Crippen LogP contribution in [0.25, 0.3) is 11.2 Å². The van der Waals surface area contributed by atoms with Crippen LogP contribution in [0.15, 0.2) is 6.33 Å². The first kappa shape index (κ1) is 18.4. The zero-order valence-corrected chi connectivity index (χ0v) is 15.2. The fourth-order valence-electron chi connectivity index (χ4n) is 2.33. The first-order valence-electron chi connectivity index (χ1n) is 8.25. The van der Waals surface area contributed by atoms with Crippen LogP contribution in [0.1, 0.15) is 41.0 Å². The Balaban J connectivity index is 2.04. The summed E-state index contributed by atoms with van der Waals surface area (Å²) in [6.07, 6.45) is 2.58. The highest BCUT2D eigenvalue weighted by atomic mass is 16.3. The molecule has 0 aliphatic rings. The molecule has 8 nitrogen and oxygen atoms in total. The molecule has 0 aliphatic carbocycles. The highest BCUT2D eigenvalue weighted by Crippen LogP contribution is 2.20. The second kappa shape index (κ2) is 6.90. The van der Waals surface area contributed by atoms with E-state index in [9.17, 15) is 5.11 Å². The second-order valence-electron chi connectivity index (χ2n) is 7.75. The van der Waals surface area contributed by atoms with Crippen LogP contribution in [0.5, 0.6) is 0 Å². The minimum Gasteiger partial charge on any atom is -0.389 e. The molecule has 2 aromatic rings. The summed E-state index contributed by atoms with van der Waals surface area (Å²) >= 11 is 0. The van der Waals surface area contributed by atoms with Crippen LogP contribution < -0.4 is 16.4 Å². The van der Waals surface area contributed by atoms with Crippen molar-refractivity contribution in [2.45, 2.75) is 58.7 Å². The van der Waals surface area contributed by atoms with Gasteiger partial charge in [0.05, 0.1) is 18.5 Å². The van der Waals surface area contributed by atoms with E-state index in [0.717, 1.165) is 19.5 Å². The van der Waals surface area contributed by atoms with Crippen LogP contribution >= 0.6 is 0 Å². The Morgan fingerprint density at radius 1 is 1.17 bits per heavy atom. The van der Waals surface area contributed by atoms with Gasteiger partial charge in [-0.15, -0.1) is 0 Å². The molecule has 24 heavy (non-hydrogen) atoms. The fourth-order valence-corrected chi connectivity index (χ4v) is 2.33. The summed E-state index contributed by atoms with van der Waals surface area (Å²) < 4.78 is 1.79. The van der Waals surface area contributed by atoms with Crippen molar-refractivity contribution in [3.05, 3.63) is 6.33 Å². The number of anilines is 2. The van der Waals surface area contributed by atoms with Gasteiger partial charge in [-0.1, -0.05) is 0 Å². The van der Waals surface area contributed by atoms with E-state index in [1.54, 1.807) is 24.7 Å². The molecular weight excluding hydrogens is 306 g/mol. The van der Waals surface area contributed by atoms with Crippen molar-refractivity contribution in [2.24, 2.45) is 0 Å². The van der Waals surface area contributed by atoms with Gasteiger partial charge in [-0.3, -0.25) is 0 Å². The molecule has 0 fully saturated rings. The Morgan fingerprint density at radius 3 is 2.50 bits per heavy atom. The number of nitrogens with two attached hydrogens (primary N) is 1. The van der Waals surface area contributed by atoms with Crippen molar-refractivity contribution in [1.82, 2.24) is 24.8 Å². The molecule has 5 N–H and O–H groups in total. The third-order valence-corrected chi connectivity index (χ3v) is 3.34. The van der Waals surface area contributed by atoms with E-state index in [-0.39, 0.29) is 5.54 Å². The standard InChI is InChI=1S/C16H29N7O/c1-15(2,3)20-8-6-7-18-14-21-12(17)11-13(22-14)23(10-19-11)9-16(4,5)24/h10,20,24H,6-9H2,1-5H3,(H3,17,18,21,22). The van der Waals surface area contributed by atoms with Crippen molar-refractivity contribution in [3.8, 4) is 0 Å². The van der Waals surface area contributed by atoms with Gasteiger partial charge in [0.2, 0.25) is 5.95 Å². The van der Waals surface area contributed by atoms with Crippen LogP contribution in [0.4, 0.5) is 11.8 Å².